The molecule has 1 aliphatic heterocycles. The average molecular weight is 354 g/mol. The molecule has 2 aromatic rings. The first kappa shape index (κ1) is 16.1. The van der Waals surface area contributed by atoms with Gasteiger partial charge in [0.2, 0.25) is 5.91 Å². The van der Waals surface area contributed by atoms with E-state index in [1.807, 2.05) is 11.1 Å². The summed E-state index contributed by atoms with van der Waals surface area (Å²) in [5, 5.41) is 5.55. The molecular weight excluding hydrogens is 338 g/mol. The monoisotopic (exact) mass is 353 g/mol. The van der Waals surface area contributed by atoms with Crippen LogP contribution in [-0.2, 0) is 9.63 Å². The maximum absolute atomic E-state index is 11.5. The summed E-state index contributed by atoms with van der Waals surface area (Å²) in [6, 6.07) is 3.62. The predicted molar refractivity (Wildman–Crippen MR) is 90.3 cm³/mol. The second-order valence-corrected chi connectivity index (χ2v) is 5.90. The third-order valence-corrected chi connectivity index (χ3v) is 4.46. The van der Waals surface area contributed by atoms with Gasteiger partial charge < -0.3 is 10.2 Å². The number of benzene rings is 1. The van der Waals surface area contributed by atoms with E-state index in [2.05, 4.69) is 20.6 Å². The summed E-state index contributed by atoms with van der Waals surface area (Å²) in [5.41, 5.74) is 2.27. The summed E-state index contributed by atoms with van der Waals surface area (Å²) in [6.45, 7) is 6.31. The summed E-state index contributed by atoms with van der Waals surface area (Å²) >= 11 is 7.35. The zero-order valence-electron chi connectivity index (χ0n) is 12.4. The van der Waals surface area contributed by atoms with Gasteiger partial charge in [0.25, 0.3) is 0 Å². The van der Waals surface area contributed by atoms with Crippen molar-refractivity contribution in [2.24, 2.45) is 0 Å². The first-order valence-electron chi connectivity index (χ1n) is 7.13. The van der Waals surface area contributed by atoms with Crippen LogP contribution in [0.5, 0.6) is 0 Å². The molecule has 0 saturated carbocycles. The van der Waals surface area contributed by atoms with E-state index < -0.39 is 0 Å². The van der Waals surface area contributed by atoms with Crippen LogP contribution in [0.4, 0.5) is 5.69 Å². The molecule has 1 aliphatic rings. The summed E-state index contributed by atoms with van der Waals surface area (Å²) in [7, 11) is 0. The highest BCUT2D eigenvalue weighted by molar-refractivity contribution is 7.00. The number of amides is 1. The Bertz CT molecular complexity index is 714. The van der Waals surface area contributed by atoms with E-state index >= 15 is 0 Å². The predicted octanol–water partition coefficient (Wildman–Crippen LogP) is 1.98. The molecule has 3 rings (SSSR count). The minimum atomic E-state index is -0.0442. The molecule has 1 saturated heterocycles. The van der Waals surface area contributed by atoms with Crippen molar-refractivity contribution in [3.63, 3.8) is 0 Å². The molecule has 0 spiro atoms. The Morgan fingerprint density at radius 1 is 1.39 bits per heavy atom. The molecule has 0 aliphatic carbocycles. The van der Waals surface area contributed by atoms with Gasteiger partial charge in [0.1, 0.15) is 17.8 Å². The minimum absolute atomic E-state index is 0.0442. The third kappa shape index (κ3) is 3.61. The number of hydroxylamine groups is 2. The maximum Gasteiger partial charge on any atom is 0.246 e. The Morgan fingerprint density at radius 2 is 2.17 bits per heavy atom. The van der Waals surface area contributed by atoms with Gasteiger partial charge in [-0.2, -0.15) is 13.8 Å². The van der Waals surface area contributed by atoms with Gasteiger partial charge in [0, 0.05) is 26.2 Å². The van der Waals surface area contributed by atoms with E-state index in [0.717, 1.165) is 28.4 Å². The molecule has 1 aromatic heterocycles. The van der Waals surface area contributed by atoms with Crippen LogP contribution in [0.3, 0.4) is 0 Å². The Morgan fingerprint density at radius 3 is 2.91 bits per heavy atom. The zero-order chi connectivity index (χ0) is 16.2. The molecule has 0 unspecified atom stereocenters. The SMILES string of the molecule is C=CC(=O)N1CCN(OCNc2c(Cl)ccc3nsnc23)CC1. The topological polar surface area (TPSA) is 70.6 Å². The number of piperazine rings is 1. The van der Waals surface area contributed by atoms with Crippen molar-refractivity contribution in [2.45, 2.75) is 0 Å². The highest BCUT2D eigenvalue weighted by atomic mass is 35.5. The van der Waals surface area contributed by atoms with Crippen molar-refractivity contribution < 1.29 is 9.63 Å². The van der Waals surface area contributed by atoms with E-state index in [1.54, 1.807) is 11.0 Å². The molecule has 0 bridgehead atoms. The molecule has 2 heterocycles. The normalized spacial score (nSPS) is 15.8. The molecule has 0 atom stereocenters. The molecule has 9 heteroatoms. The van der Waals surface area contributed by atoms with Crippen molar-refractivity contribution in [1.29, 1.82) is 0 Å². The van der Waals surface area contributed by atoms with Gasteiger partial charge in [-0.05, 0) is 18.2 Å². The van der Waals surface area contributed by atoms with E-state index in [0.29, 0.717) is 31.2 Å². The van der Waals surface area contributed by atoms with Gasteiger partial charge in [-0.1, -0.05) is 18.2 Å². The number of hydrogen-bond donors (Lipinski definition) is 1. The fraction of sp³-hybridized carbons (Fsp3) is 0.357. The van der Waals surface area contributed by atoms with E-state index in [1.165, 1.54) is 6.08 Å². The van der Waals surface area contributed by atoms with Gasteiger partial charge in [-0.25, -0.2) is 0 Å². The number of carbonyl (C=O) groups excluding carboxylic acids is 1. The standard InChI is InChI=1S/C14H16ClN5O2S/c1-2-12(21)19-5-7-20(8-6-19)22-9-16-13-10(15)3-4-11-14(13)18-23-17-11/h2-4,16H,1,5-9H2. The van der Waals surface area contributed by atoms with E-state index in [4.69, 9.17) is 16.4 Å². The van der Waals surface area contributed by atoms with Crippen LogP contribution in [0.25, 0.3) is 11.0 Å². The molecule has 1 amide bonds. The molecule has 122 valence electrons. The number of nitrogens with zero attached hydrogens (tertiary/aromatic N) is 4. The quantitative estimate of drug-likeness (QED) is 0.654. The number of rotatable bonds is 5. The van der Waals surface area contributed by atoms with Crippen LogP contribution in [0.2, 0.25) is 5.02 Å². The van der Waals surface area contributed by atoms with Crippen molar-refractivity contribution in [2.75, 3.05) is 38.2 Å². The first-order chi connectivity index (χ1) is 11.2. The lowest BCUT2D eigenvalue weighted by Gasteiger charge is -2.33. The van der Waals surface area contributed by atoms with Gasteiger partial charge >= 0.3 is 0 Å². The second-order valence-electron chi connectivity index (χ2n) is 4.96. The van der Waals surface area contributed by atoms with Crippen molar-refractivity contribution >= 4 is 46.0 Å². The lowest BCUT2D eigenvalue weighted by molar-refractivity contribution is -0.173. The van der Waals surface area contributed by atoms with Gasteiger partial charge in [0.15, 0.2) is 0 Å². The van der Waals surface area contributed by atoms with Crippen LogP contribution >= 0.6 is 23.3 Å². The summed E-state index contributed by atoms with van der Waals surface area (Å²) < 4.78 is 8.43. The smallest absolute Gasteiger partial charge is 0.246 e. The van der Waals surface area contributed by atoms with Crippen LogP contribution in [0.1, 0.15) is 0 Å². The molecule has 1 N–H and O–H groups in total. The van der Waals surface area contributed by atoms with Crippen LogP contribution in [-0.4, -0.2) is 57.5 Å². The lowest BCUT2D eigenvalue weighted by Crippen LogP contribution is -2.48. The van der Waals surface area contributed by atoms with E-state index in [-0.39, 0.29) is 12.6 Å². The molecule has 1 aromatic carbocycles. The minimum Gasteiger partial charge on any atom is -0.358 e. The first-order valence-corrected chi connectivity index (χ1v) is 8.23. The molecule has 1 fully saturated rings. The van der Waals surface area contributed by atoms with Crippen molar-refractivity contribution in [3.8, 4) is 0 Å². The molecule has 7 nitrogen and oxygen atoms in total. The molecular formula is C14H16ClN5O2S. The molecule has 0 radical (unpaired) electrons. The van der Waals surface area contributed by atoms with Crippen molar-refractivity contribution in [3.05, 3.63) is 29.8 Å². The summed E-state index contributed by atoms with van der Waals surface area (Å²) in [4.78, 5) is 19.0. The Hall–Kier alpha value is -1.74. The highest BCUT2D eigenvalue weighted by Gasteiger charge is 2.20. The van der Waals surface area contributed by atoms with Crippen LogP contribution < -0.4 is 5.32 Å². The fourth-order valence-electron chi connectivity index (χ4n) is 2.36. The summed E-state index contributed by atoms with van der Waals surface area (Å²) in [6.07, 6.45) is 1.34. The van der Waals surface area contributed by atoms with Crippen LogP contribution in [0.15, 0.2) is 24.8 Å². The van der Waals surface area contributed by atoms with Gasteiger partial charge in [0.05, 0.1) is 22.4 Å². The highest BCUT2D eigenvalue weighted by Crippen LogP contribution is 2.29. The Balaban J connectivity index is 1.52. The van der Waals surface area contributed by atoms with Crippen molar-refractivity contribution in [1.82, 2.24) is 18.7 Å². The van der Waals surface area contributed by atoms with Gasteiger partial charge in [-0.3, -0.25) is 9.63 Å². The third-order valence-electron chi connectivity index (χ3n) is 3.60. The second kappa shape index (κ2) is 7.22. The van der Waals surface area contributed by atoms with E-state index in [9.17, 15) is 4.79 Å². The number of halogens is 1. The Kier molecular flexibility index (Phi) is 5.06. The largest absolute Gasteiger partial charge is 0.358 e. The molecule has 23 heavy (non-hydrogen) atoms. The number of fused-ring (bicyclic) bond motifs is 1. The number of carbonyl (C=O) groups is 1. The van der Waals surface area contributed by atoms with Crippen LogP contribution in [0, 0.1) is 0 Å². The lowest BCUT2D eigenvalue weighted by atomic mass is 10.2. The number of nitrogens with one attached hydrogen (secondary N) is 1. The summed E-state index contributed by atoms with van der Waals surface area (Å²) in [5.74, 6) is -0.0442. The number of anilines is 1. The fourth-order valence-corrected chi connectivity index (χ4v) is 3.12. The average Bonchev–Trinajstić information content (AvgIpc) is 3.05. The Labute approximate surface area is 142 Å². The number of hydrogen-bond acceptors (Lipinski definition) is 7. The maximum atomic E-state index is 11.5. The zero-order valence-corrected chi connectivity index (χ0v) is 13.9. The van der Waals surface area contributed by atoms with Gasteiger partial charge in [-0.15, -0.1) is 0 Å². The number of aromatic nitrogens is 2.